The molecule has 30 heavy (non-hydrogen) atoms. The van der Waals surface area contributed by atoms with Crippen LogP contribution in [-0.4, -0.2) is 30.8 Å². The van der Waals surface area contributed by atoms with Crippen molar-refractivity contribution in [2.75, 3.05) is 6.61 Å². The maximum Gasteiger partial charge on any atom is 0.329 e. The number of nitrogens with zero attached hydrogens (tertiary/aromatic N) is 4. The first-order chi connectivity index (χ1) is 14.7. The standard InChI is InChI=1S/C24H26N4O2/c1-16-5-4-7-18-19(6-2-3-12-29)21(26-13-20(16)18)15-27-23-14-25-11-10-22(23)28(24(27)30)17-8-9-17/h4-5,7,10-11,13-14,17,29H,2-3,6,8-9,12,15H2,1H3. The molecule has 1 aliphatic rings. The number of rotatable bonds is 7. The Labute approximate surface area is 174 Å². The molecule has 0 bridgehead atoms. The first-order valence-electron chi connectivity index (χ1n) is 10.7. The molecule has 1 N–H and O–H groups in total. The molecule has 3 aromatic heterocycles. The van der Waals surface area contributed by atoms with Crippen molar-refractivity contribution in [3.63, 3.8) is 0 Å². The predicted octanol–water partition coefficient (Wildman–Crippen LogP) is 3.75. The van der Waals surface area contributed by atoms with Crippen LogP contribution >= 0.6 is 0 Å². The molecular weight excluding hydrogens is 376 g/mol. The zero-order valence-corrected chi connectivity index (χ0v) is 17.2. The number of benzene rings is 1. The minimum atomic E-state index is 0.0212. The van der Waals surface area contributed by atoms with Gasteiger partial charge in [0.05, 0.1) is 29.5 Å². The fraction of sp³-hybridized carbons (Fsp3) is 0.375. The van der Waals surface area contributed by atoms with Crippen LogP contribution in [0.15, 0.2) is 47.7 Å². The molecule has 0 atom stereocenters. The molecule has 4 aromatic rings. The van der Waals surface area contributed by atoms with Crippen molar-refractivity contribution in [3.8, 4) is 0 Å². The average molecular weight is 402 g/mol. The highest BCUT2D eigenvalue weighted by molar-refractivity contribution is 5.88. The summed E-state index contributed by atoms with van der Waals surface area (Å²) < 4.78 is 3.74. The number of pyridine rings is 2. The molecule has 154 valence electrons. The summed E-state index contributed by atoms with van der Waals surface area (Å²) in [6.45, 7) is 2.71. The van der Waals surface area contributed by atoms with Crippen LogP contribution < -0.4 is 5.69 Å². The first-order valence-corrected chi connectivity index (χ1v) is 10.7. The van der Waals surface area contributed by atoms with E-state index < -0.39 is 0 Å². The van der Waals surface area contributed by atoms with Gasteiger partial charge in [-0.2, -0.15) is 0 Å². The number of imidazole rings is 1. The fourth-order valence-corrected chi connectivity index (χ4v) is 4.43. The highest BCUT2D eigenvalue weighted by Crippen LogP contribution is 2.36. The van der Waals surface area contributed by atoms with Crippen LogP contribution in [0.2, 0.25) is 0 Å². The van der Waals surface area contributed by atoms with Gasteiger partial charge in [-0.1, -0.05) is 18.2 Å². The van der Waals surface area contributed by atoms with Gasteiger partial charge in [-0.15, -0.1) is 0 Å². The second-order valence-corrected chi connectivity index (χ2v) is 8.23. The predicted molar refractivity (Wildman–Crippen MR) is 118 cm³/mol. The van der Waals surface area contributed by atoms with Gasteiger partial charge in [0.2, 0.25) is 0 Å². The molecule has 0 saturated heterocycles. The third-order valence-corrected chi connectivity index (χ3v) is 6.17. The van der Waals surface area contributed by atoms with Crippen LogP contribution in [0.4, 0.5) is 0 Å². The van der Waals surface area contributed by atoms with Crippen LogP contribution in [0.25, 0.3) is 21.8 Å². The minimum Gasteiger partial charge on any atom is -0.396 e. The largest absolute Gasteiger partial charge is 0.396 e. The zero-order chi connectivity index (χ0) is 20.7. The molecule has 1 aromatic carbocycles. The Bertz CT molecular complexity index is 1280. The van der Waals surface area contributed by atoms with E-state index in [1.54, 1.807) is 12.4 Å². The molecule has 3 heterocycles. The normalized spacial score (nSPS) is 14.1. The molecule has 0 radical (unpaired) electrons. The second kappa shape index (κ2) is 7.69. The monoisotopic (exact) mass is 402 g/mol. The van der Waals surface area contributed by atoms with Gasteiger partial charge in [0, 0.05) is 30.4 Å². The molecule has 0 amide bonds. The van der Waals surface area contributed by atoms with Crippen molar-refractivity contribution >= 4 is 21.8 Å². The average Bonchev–Trinajstić information content (AvgIpc) is 3.55. The minimum absolute atomic E-state index is 0.0212. The van der Waals surface area contributed by atoms with Crippen LogP contribution in [0.5, 0.6) is 0 Å². The Morgan fingerprint density at radius 3 is 2.77 bits per heavy atom. The molecule has 5 rings (SSSR count). The third-order valence-electron chi connectivity index (χ3n) is 6.17. The summed E-state index contributed by atoms with van der Waals surface area (Å²) in [4.78, 5) is 22.4. The highest BCUT2D eigenvalue weighted by Gasteiger charge is 2.29. The first kappa shape index (κ1) is 19.0. The van der Waals surface area contributed by atoms with Crippen molar-refractivity contribution in [2.45, 2.75) is 51.6 Å². The van der Waals surface area contributed by atoms with E-state index >= 15 is 0 Å². The Kier molecular flexibility index (Phi) is 4.87. The van der Waals surface area contributed by atoms with Gasteiger partial charge in [-0.05, 0) is 61.6 Å². The zero-order valence-electron chi connectivity index (χ0n) is 17.2. The molecular formula is C24H26N4O2. The molecule has 1 fully saturated rings. The van der Waals surface area contributed by atoms with Crippen molar-refractivity contribution in [1.82, 2.24) is 19.1 Å². The van der Waals surface area contributed by atoms with E-state index in [2.05, 4.69) is 30.1 Å². The molecule has 0 spiro atoms. The highest BCUT2D eigenvalue weighted by atomic mass is 16.2. The molecule has 1 saturated carbocycles. The number of fused-ring (bicyclic) bond motifs is 2. The summed E-state index contributed by atoms with van der Waals surface area (Å²) in [5.41, 5.74) is 5.13. The van der Waals surface area contributed by atoms with Crippen molar-refractivity contribution < 1.29 is 5.11 Å². The number of hydrogen-bond donors (Lipinski definition) is 1. The Morgan fingerprint density at radius 2 is 1.97 bits per heavy atom. The topological polar surface area (TPSA) is 72.9 Å². The van der Waals surface area contributed by atoms with E-state index in [0.717, 1.165) is 54.2 Å². The molecule has 0 aliphatic heterocycles. The number of hydrogen-bond acceptors (Lipinski definition) is 4. The molecule has 6 heteroatoms. The third kappa shape index (κ3) is 3.21. The molecule has 1 aliphatic carbocycles. The molecule has 0 unspecified atom stereocenters. The molecule has 6 nitrogen and oxygen atoms in total. The van der Waals surface area contributed by atoms with Crippen molar-refractivity contribution in [3.05, 3.63) is 70.2 Å². The Hall–Kier alpha value is -2.99. The lowest BCUT2D eigenvalue weighted by atomic mass is 9.97. The lowest BCUT2D eigenvalue weighted by Gasteiger charge is -2.14. The fourth-order valence-electron chi connectivity index (χ4n) is 4.43. The maximum atomic E-state index is 13.3. The number of aryl methyl sites for hydroxylation is 2. The summed E-state index contributed by atoms with van der Waals surface area (Å²) in [6, 6.07) is 8.55. The van der Waals surface area contributed by atoms with Crippen LogP contribution in [0.1, 0.15) is 48.5 Å². The van der Waals surface area contributed by atoms with E-state index in [9.17, 15) is 9.90 Å². The van der Waals surface area contributed by atoms with Crippen LogP contribution in [0.3, 0.4) is 0 Å². The summed E-state index contributed by atoms with van der Waals surface area (Å²) in [5, 5.41) is 11.6. The number of unbranched alkanes of at least 4 members (excludes halogenated alkanes) is 1. The van der Waals surface area contributed by atoms with E-state index in [1.165, 1.54) is 16.5 Å². The van der Waals surface area contributed by atoms with Gasteiger partial charge < -0.3 is 5.11 Å². The number of aliphatic hydroxyl groups is 1. The van der Waals surface area contributed by atoms with E-state index in [1.807, 2.05) is 21.4 Å². The van der Waals surface area contributed by atoms with E-state index in [-0.39, 0.29) is 12.3 Å². The summed E-state index contributed by atoms with van der Waals surface area (Å²) >= 11 is 0. The van der Waals surface area contributed by atoms with Crippen LogP contribution in [0, 0.1) is 6.92 Å². The second-order valence-electron chi connectivity index (χ2n) is 8.23. The van der Waals surface area contributed by atoms with Gasteiger partial charge >= 0.3 is 5.69 Å². The van der Waals surface area contributed by atoms with E-state index in [4.69, 9.17) is 4.98 Å². The number of aliphatic hydroxyl groups excluding tert-OH is 1. The van der Waals surface area contributed by atoms with Gasteiger partial charge in [0.15, 0.2) is 0 Å². The smallest absolute Gasteiger partial charge is 0.329 e. The van der Waals surface area contributed by atoms with E-state index in [0.29, 0.717) is 12.6 Å². The summed E-state index contributed by atoms with van der Waals surface area (Å²) in [7, 11) is 0. The van der Waals surface area contributed by atoms with Gasteiger partial charge in [0.1, 0.15) is 0 Å². The van der Waals surface area contributed by atoms with Gasteiger partial charge in [0.25, 0.3) is 0 Å². The quantitative estimate of drug-likeness (QED) is 0.478. The maximum absolute atomic E-state index is 13.3. The lowest BCUT2D eigenvalue weighted by molar-refractivity contribution is 0.284. The summed E-state index contributed by atoms with van der Waals surface area (Å²) in [6.07, 6.45) is 10.1. The van der Waals surface area contributed by atoms with Gasteiger partial charge in [-0.3, -0.25) is 19.1 Å². The summed E-state index contributed by atoms with van der Waals surface area (Å²) in [5.74, 6) is 0. The van der Waals surface area contributed by atoms with Crippen molar-refractivity contribution in [2.24, 2.45) is 0 Å². The Morgan fingerprint density at radius 1 is 1.10 bits per heavy atom. The SMILES string of the molecule is Cc1cccc2c(CCCCO)c(Cn3c(=O)n(C4CC4)c4ccncc43)ncc12. The number of aromatic nitrogens is 4. The van der Waals surface area contributed by atoms with Crippen LogP contribution in [-0.2, 0) is 13.0 Å². The Balaban J connectivity index is 1.65. The lowest BCUT2D eigenvalue weighted by Crippen LogP contribution is -2.25. The van der Waals surface area contributed by atoms with Crippen molar-refractivity contribution in [1.29, 1.82) is 0 Å². The van der Waals surface area contributed by atoms with Gasteiger partial charge in [-0.25, -0.2) is 4.79 Å².